The van der Waals surface area contributed by atoms with Gasteiger partial charge in [0.15, 0.2) is 0 Å². The van der Waals surface area contributed by atoms with E-state index in [-0.39, 0.29) is 0 Å². The smallest absolute Gasteiger partial charge is 0.270 e. The molecule has 4 nitrogen and oxygen atoms in total. The summed E-state index contributed by atoms with van der Waals surface area (Å²) in [6.07, 6.45) is 0.799. The molecule has 1 aromatic carbocycles. The van der Waals surface area contributed by atoms with Crippen LogP contribution in [0, 0.1) is 0 Å². The minimum absolute atomic E-state index is 0.455. The summed E-state index contributed by atoms with van der Waals surface area (Å²) >= 11 is 0. The van der Waals surface area contributed by atoms with Gasteiger partial charge in [-0.15, -0.1) is 0 Å². The third-order valence-electron chi connectivity index (χ3n) is 1.22. The third kappa shape index (κ3) is 2.42. The second-order valence-electron chi connectivity index (χ2n) is 2.10. The first-order valence-corrected chi connectivity index (χ1v) is 3.36. The van der Waals surface area contributed by atoms with E-state index in [1.54, 1.807) is 24.3 Å². The molecule has 0 atom stereocenters. The molecule has 0 spiro atoms. The summed E-state index contributed by atoms with van der Waals surface area (Å²) < 4.78 is 0. The molecule has 0 heterocycles. The van der Waals surface area contributed by atoms with Crippen molar-refractivity contribution < 1.29 is 10.0 Å². The van der Waals surface area contributed by atoms with Crippen LogP contribution >= 0.6 is 0 Å². The molecular weight excluding hydrogens is 162 g/mol. The molecule has 1 aromatic rings. The molecule has 1 amide bonds. The number of nitrogens with one attached hydrogen (secondary N) is 1. The maximum absolute atomic E-state index is 10.8. The van der Waals surface area contributed by atoms with Gasteiger partial charge in [0.25, 0.3) is 5.91 Å². The number of hydrogen-bond donors (Lipinski definition) is 2. The Labute approximate surface area is 69.5 Å². The van der Waals surface area contributed by atoms with Gasteiger partial charge < -0.3 is 10.5 Å². The molecular formula is C8H8N2O2. The van der Waals surface area contributed by atoms with Crippen LogP contribution in [0.4, 0.5) is 5.69 Å². The zero-order chi connectivity index (χ0) is 8.81. The standard InChI is InChI=1S/C8H8N2O2/c11-8(6-9-12)10-7-4-2-1-3-5-7/h1-6,12H,(H,10,11)/b9-6+/i1+1,2+1,3+1,4+1,5+1,7+1. The third-order valence-corrected chi connectivity index (χ3v) is 1.22. The van der Waals surface area contributed by atoms with Gasteiger partial charge in [0, 0.05) is 5.69 Å². The van der Waals surface area contributed by atoms with Crippen LogP contribution in [-0.2, 0) is 4.79 Å². The number of anilines is 1. The fourth-order valence-electron chi connectivity index (χ4n) is 0.748. The largest absolute Gasteiger partial charge is 0.411 e. The molecule has 0 fully saturated rings. The molecule has 0 aliphatic rings. The summed E-state index contributed by atoms with van der Waals surface area (Å²) in [5.41, 5.74) is 0.669. The maximum Gasteiger partial charge on any atom is 0.270 e. The number of oxime groups is 1. The van der Waals surface area contributed by atoms with E-state index in [0.29, 0.717) is 5.69 Å². The summed E-state index contributed by atoms with van der Waals surface area (Å²) in [5, 5.41) is 13.1. The number of amides is 1. The molecule has 0 aromatic heterocycles. The Bertz CT molecular complexity index is 282. The lowest BCUT2D eigenvalue weighted by Gasteiger charge is -1.98. The van der Waals surface area contributed by atoms with Crippen molar-refractivity contribution in [1.82, 2.24) is 0 Å². The van der Waals surface area contributed by atoms with Crippen LogP contribution in [0.2, 0.25) is 0 Å². The van der Waals surface area contributed by atoms with Crippen LogP contribution in [0.25, 0.3) is 0 Å². The average molecular weight is 170 g/mol. The lowest BCUT2D eigenvalue weighted by molar-refractivity contribution is -0.110. The minimum atomic E-state index is -0.455. The predicted octanol–water partition coefficient (Wildman–Crippen LogP) is 1.09. The van der Waals surface area contributed by atoms with Crippen LogP contribution in [-0.4, -0.2) is 17.3 Å². The van der Waals surface area contributed by atoms with Gasteiger partial charge >= 0.3 is 0 Å². The fraction of sp³-hybridized carbons (Fsp3) is 0. The van der Waals surface area contributed by atoms with E-state index in [0.717, 1.165) is 6.21 Å². The van der Waals surface area contributed by atoms with E-state index < -0.39 is 5.91 Å². The quantitative estimate of drug-likeness (QED) is 0.396. The van der Waals surface area contributed by atoms with Gasteiger partial charge in [-0.05, 0) is 12.1 Å². The van der Waals surface area contributed by atoms with Crippen LogP contribution in [0.3, 0.4) is 0 Å². The number of benzene rings is 1. The minimum Gasteiger partial charge on any atom is -0.411 e. The Morgan fingerprint density at radius 3 is 2.67 bits per heavy atom. The van der Waals surface area contributed by atoms with Crippen LogP contribution in [0.15, 0.2) is 35.5 Å². The molecule has 0 saturated heterocycles. The molecule has 62 valence electrons. The van der Waals surface area contributed by atoms with Gasteiger partial charge in [-0.25, -0.2) is 0 Å². The topological polar surface area (TPSA) is 61.7 Å². The molecule has 0 unspecified atom stereocenters. The van der Waals surface area contributed by atoms with Gasteiger partial charge in [0.05, 0.1) is 0 Å². The van der Waals surface area contributed by atoms with Crippen LogP contribution in [0.1, 0.15) is 0 Å². The zero-order valence-corrected chi connectivity index (χ0v) is 6.27. The van der Waals surface area contributed by atoms with Gasteiger partial charge in [-0.1, -0.05) is 23.4 Å². The molecule has 0 aliphatic carbocycles. The predicted molar refractivity (Wildman–Crippen MR) is 45.4 cm³/mol. The lowest BCUT2D eigenvalue weighted by Crippen LogP contribution is -2.12. The van der Waals surface area contributed by atoms with E-state index in [2.05, 4.69) is 10.5 Å². The van der Waals surface area contributed by atoms with Crippen LogP contribution < -0.4 is 5.32 Å². The van der Waals surface area contributed by atoms with Gasteiger partial charge in [0.1, 0.15) is 6.21 Å². The number of nitrogens with zero attached hydrogens (tertiary/aromatic N) is 1. The van der Waals surface area contributed by atoms with Crippen molar-refractivity contribution in [3.63, 3.8) is 0 Å². The van der Waals surface area contributed by atoms with Gasteiger partial charge in [0.2, 0.25) is 0 Å². The summed E-state index contributed by atoms with van der Waals surface area (Å²) in [6.45, 7) is 0. The maximum atomic E-state index is 10.8. The molecule has 0 bridgehead atoms. The highest BCUT2D eigenvalue weighted by atomic mass is 16.4. The van der Waals surface area contributed by atoms with E-state index in [9.17, 15) is 4.79 Å². The lowest BCUT2D eigenvalue weighted by atomic mass is 10.7. The van der Waals surface area contributed by atoms with Crippen molar-refractivity contribution in [1.29, 1.82) is 0 Å². The van der Waals surface area contributed by atoms with Crippen molar-refractivity contribution >= 4 is 17.8 Å². The van der Waals surface area contributed by atoms with E-state index >= 15 is 0 Å². The first-order valence-electron chi connectivity index (χ1n) is 3.36. The first kappa shape index (κ1) is 8.26. The normalized spacial score (nSPS) is 10.0. The molecule has 12 heavy (non-hydrogen) atoms. The average Bonchev–Trinajstić information content (AvgIpc) is 2.06. The molecule has 4 heteroatoms. The van der Waals surface area contributed by atoms with Crippen molar-refractivity contribution in [3.8, 4) is 0 Å². The summed E-state index contributed by atoms with van der Waals surface area (Å²) in [7, 11) is 0. The summed E-state index contributed by atoms with van der Waals surface area (Å²) in [6, 6.07) is 8.92. The Morgan fingerprint density at radius 1 is 1.42 bits per heavy atom. The van der Waals surface area contributed by atoms with Crippen molar-refractivity contribution in [2.24, 2.45) is 5.16 Å². The Kier molecular flexibility index (Phi) is 2.84. The van der Waals surface area contributed by atoms with Crippen LogP contribution in [0.5, 0.6) is 0 Å². The Balaban J connectivity index is 2.59. The fourth-order valence-corrected chi connectivity index (χ4v) is 0.748. The number of hydrogen-bond acceptors (Lipinski definition) is 3. The SMILES string of the molecule is O=C(/C=N/O)N[13c]1[13cH][13cH][13cH][13cH][13cH]1. The van der Waals surface area contributed by atoms with Gasteiger partial charge in [-0.2, -0.15) is 0 Å². The number of rotatable bonds is 2. The highest BCUT2D eigenvalue weighted by Crippen LogP contribution is 2.03. The molecule has 0 aliphatic heterocycles. The number of para-hydroxylation sites is 1. The van der Waals surface area contributed by atoms with Gasteiger partial charge in [-0.3, -0.25) is 4.79 Å². The van der Waals surface area contributed by atoms with E-state index in [4.69, 9.17) is 5.21 Å². The van der Waals surface area contributed by atoms with Crippen molar-refractivity contribution in [2.45, 2.75) is 0 Å². The highest BCUT2D eigenvalue weighted by molar-refractivity contribution is 6.31. The van der Waals surface area contributed by atoms with E-state index in [1.807, 2.05) is 6.07 Å². The molecule has 0 saturated carbocycles. The second kappa shape index (κ2) is 4.12. The first-order chi connectivity index (χ1) is 5.83. The summed E-state index contributed by atoms with van der Waals surface area (Å²) in [5.74, 6) is -0.455. The zero-order valence-electron chi connectivity index (χ0n) is 6.27. The highest BCUT2D eigenvalue weighted by Gasteiger charge is 1.95. The monoisotopic (exact) mass is 170 g/mol. The Hall–Kier alpha value is -1.84. The number of carbonyl (C=O) groups excluding carboxylic acids is 1. The Morgan fingerprint density at radius 2 is 2.08 bits per heavy atom. The summed E-state index contributed by atoms with van der Waals surface area (Å²) in [4.78, 5) is 10.8. The molecule has 0 radical (unpaired) electrons. The van der Waals surface area contributed by atoms with Crippen molar-refractivity contribution in [2.75, 3.05) is 5.32 Å². The molecule has 2 N–H and O–H groups in total. The molecule has 1 rings (SSSR count). The van der Waals surface area contributed by atoms with Crippen molar-refractivity contribution in [3.05, 3.63) is 30.3 Å². The second-order valence-corrected chi connectivity index (χ2v) is 2.10. The van der Waals surface area contributed by atoms with E-state index in [1.165, 1.54) is 0 Å². The number of carbonyl (C=O) groups is 1.